The summed E-state index contributed by atoms with van der Waals surface area (Å²) in [5.74, 6) is -0.306. The quantitative estimate of drug-likeness (QED) is 0.599. The van der Waals surface area contributed by atoms with Gasteiger partial charge in [0, 0.05) is 12.8 Å². The van der Waals surface area contributed by atoms with Crippen LogP contribution in [0.5, 0.6) is 0 Å². The van der Waals surface area contributed by atoms with Gasteiger partial charge in [-0.25, -0.2) is 0 Å². The highest BCUT2D eigenvalue weighted by Crippen LogP contribution is 2.25. The van der Waals surface area contributed by atoms with Gasteiger partial charge in [0.1, 0.15) is 0 Å². The van der Waals surface area contributed by atoms with E-state index in [2.05, 4.69) is 0 Å². The average Bonchev–Trinajstić information content (AvgIpc) is 2.39. The first-order chi connectivity index (χ1) is 7.43. The summed E-state index contributed by atoms with van der Waals surface area (Å²) in [4.78, 5) is 25.3. The number of nitrogens with zero attached hydrogens (tertiary/aromatic N) is 1. The molecule has 0 aliphatic carbocycles. The maximum atomic E-state index is 11.9. The van der Waals surface area contributed by atoms with E-state index in [1.807, 2.05) is 6.92 Å². The molecule has 1 aliphatic heterocycles. The van der Waals surface area contributed by atoms with E-state index in [0.29, 0.717) is 19.3 Å². The molecule has 1 unspecified atom stereocenters. The number of rotatable bonds is 3. The van der Waals surface area contributed by atoms with Crippen molar-refractivity contribution < 1.29 is 9.59 Å². The SMILES string of the molecule is CCC(C)(C(N)=S)N1C(=O)CCCCC1=O. The molecule has 1 fully saturated rings. The number of likely N-dealkylation sites (tertiary alicyclic amines) is 1. The van der Waals surface area contributed by atoms with E-state index in [9.17, 15) is 9.59 Å². The van der Waals surface area contributed by atoms with Crippen molar-refractivity contribution in [2.45, 2.75) is 51.5 Å². The highest BCUT2D eigenvalue weighted by Gasteiger charge is 2.41. The standard InChI is InChI=1S/C11H18N2O2S/c1-3-11(2,10(12)16)13-8(14)6-4-5-7-9(13)15/h3-7H2,1-2H3,(H2,12,16). The number of carbonyl (C=O) groups excluding carboxylic acids is 2. The van der Waals surface area contributed by atoms with Crippen molar-refractivity contribution in [2.75, 3.05) is 0 Å². The fraction of sp³-hybridized carbons (Fsp3) is 0.727. The molecule has 2 amide bonds. The molecule has 4 nitrogen and oxygen atoms in total. The van der Waals surface area contributed by atoms with E-state index in [4.69, 9.17) is 18.0 Å². The Morgan fingerprint density at radius 2 is 1.81 bits per heavy atom. The summed E-state index contributed by atoms with van der Waals surface area (Å²) >= 11 is 4.99. The Balaban J connectivity index is 3.09. The first kappa shape index (κ1) is 13.1. The second kappa shape index (κ2) is 4.91. The van der Waals surface area contributed by atoms with E-state index in [0.717, 1.165) is 12.8 Å². The van der Waals surface area contributed by atoms with Crippen LogP contribution in [0.2, 0.25) is 0 Å². The molecule has 1 rings (SSSR count). The van der Waals surface area contributed by atoms with Gasteiger partial charge in [-0.1, -0.05) is 19.1 Å². The molecular formula is C11H18N2O2S. The van der Waals surface area contributed by atoms with E-state index in [-0.39, 0.29) is 16.8 Å². The van der Waals surface area contributed by atoms with Gasteiger partial charge in [0.05, 0.1) is 10.5 Å². The number of nitrogens with two attached hydrogens (primary N) is 1. The monoisotopic (exact) mass is 242 g/mol. The Labute approximate surface area is 101 Å². The normalized spacial score (nSPS) is 21.5. The summed E-state index contributed by atoms with van der Waals surface area (Å²) in [6.45, 7) is 3.64. The predicted molar refractivity (Wildman–Crippen MR) is 65.8 cm³/mol. The molecule has 1 heterocycles. The number of carbonyl (C=O) groups is 2. The highest BCUT2D eigenvalue weighted by molar-refractivity contribution is 7.80. The van der Waals surface area contributed by atoms with Crippen LogP contribution in [-0.2, 0) is 9.59 Å². The number of imide groups is 1. The summed E-state index contributed by atoms with van der Waals surface area (Å²) in [6.07, 6.45) is 2.89. The Morgan fingerprint density at radius 1 is 1.38 bits per heavy atom. The zero-order valence-electron chi connectivity index (χ0n) is 9.78. The number of hydrogen-bond acceptors (Lipinski definition) is 3. The van der Waals surface area contributed by atoms with Gasteiger partial charge in [0.25, 0.3) is 0 Å². The Hall–Kier alpha value is -0.970. The molecule has 1 aliphatic rings. The minimum atomic E-state index is -0.812. The van der Waals surface area contributed by atoms with E-state index in [1.54, 1.807) is 6.92 Å². The van der Waals surface area contributed by atoms with Crippen molar-refractivity contribution >= 4 is 29.0 Å². The fourth-order valence-corrected chi connectivity index (χ4v) is 2.14. The first-order valence-corrected chi connectivity index (χ1v) is 6.00. The van der Waals surface area contributed by atoms with Gasteiger partial charge in [-0.2, -0.15) is 0 Å². The molecule has 0 aromatic carbocycles. The van der Waals surface area contributed by atoms with E-state index >= 15 is 0 Å². The molecule has 2 N–H and O–H groups in total. The van der Waals surface area contributed by atoms with Crippen LogP contribution in [0.1, 0.15) is 46.0 Å². The average molecular weight is 242 g/mol. The first-order valence-electron chi connectivity index (χ1n) is 5.59. The molecule has 0 bridgehead atoms. The summed E-state index contributed by atoms with van der Waals surface area (Å²) in [5, 5.41) is 0. The lowest BCUT2D eigenvalue weighted by molar-refractivity contribution is -0.148. The lowest BCUT2D eigenvalue weighted by atomic mass is 9.95. The van der Waals surface area contributed by atoms with Gasteiger partial charge < -0.3 is 5.73 Å². The molecule has 90 valence electrons. The lowest BCUT2D eigenvalue weighted by Gasteiger charge is -2.37. The summed E-state index contributed by atoms with van der Waals surface area (Å²) < 4.78 is 0. The zero-order chi connectivity index (χ0) is 12.3. The van der Waals surface area contributed by atoms with Gasteiger partial charge in [-0.15, -0.1) is 0 Å². The molecule has 16 heavy (non-hydrogen) atoms. The van der Waals surface area contributed by atoms with Crippen LogP contribution in [0.4, 0.5) is 0 Å². The van der Waals surface area contributed by atoms with Gasteiger partial charge >= 0.3 is 0 Å². The maximum Gasteiger partial charge on any atom is 0.230 e. The number of amides is 2. The van der Waals surface area contributed by atoms with Gasteiger partial charge in [-0.05, 0) is 26.2 Å². The number of thiocarbonyl (C=S) groups is 1. The second-order valence-electron chi connectivity index (χ2n) is 4.32. The van der Waals surface area contributed by atoms with Crippen LogP contribution in [0, 0.1) is 0 Å². The molecule has 1 atom stereocenters. The third kappa shape index (κ3) is 2.24. The fourth-order valence-electron chi connectivity index (χ4n) is 1.91. The van der Waals surface area contributed by atoms with Gasteiger partial charge in [0.2, 0.25) is 11.8 Å². The predicted octanol–water partition coefficient (Wildman–Crippen LogP) is 1.37. The highest BCUT2D eigenvalue weighted by atomic mass is 32.1. The zero-order valence-corrected chi connectivity index (χ0v) is 10.6. The lowest BCUT2D eigenvalue weighted by Crippen LogP contribution is -2.58. The molecule has 0 saturated carbocycles. The van der Waals surface area contributed by atoms with Crippen molar-refractivity contribution in [1.82, 2.24) is 4.90 Å². The van der Waals surface area contributed by atoms with Gasteiger partial charge in [-0.3, -0.25) is 14.5 Å². The molecule has 0 spiro atoms. The summed E-state index contributed by atoms with van der Waals surface area (Å²) in [7, 11) is 0. The Morgan fingerprint density at radius 3 is 2.12 bits per heavy atom. The summed E-state index contributed by atoms with van der Waals surface area (Å²) in [6, 6.07) is 0. The Bertz CT molecular complexity index is 312. The minimum absolute atomic E-state index is 0.153. The van der Waals surface area contributed by atoms with Crippen LogP contribution >= 0.6 is 12.2 Å². The second-order valence-corrected chi connectivity index (χ2v) is 4.76. The topological polar surface area (TPSA) is 63.4 Å². The van der Waals surface area contributed by atoms with Crippen LogP contribution in [0.15, 0.2) is 0 Å². The Kier molecular flexibility index (Phi) is 4.02. The maximum absolute atomic E-state index is 11.9. The largest absolute Gasteiger partial charge is 0.391 e. The van der Waals surface area contributed by atoms with E-state index in [1.165, 1.54) is 4.90 Å². The van der Waals surface area contributed by atoms with Crippen molar-refractivity contribution in [1.29, 1.82) is 0 Å². The molecular weight excluding hydrogens is 224 g/mol. The number of hydrogen-bond donors (Lipinski definition) is 1. The van der Waals surface area contributed by atoms with Crippen molar-refractivity contribution in [3.8, 4) is 0 Å². The third-order valence-electron chi connectivity index (χ3n) is 3.24. The van der Waals surface area contributed by atoms with Crippen molar-refractivity contribution in [3.05, 3.63) is 0 Å². The molecule has 1 saturated heterocycles. The van der Waals surface area contributed by atoms with Crippen LogP contribution < -0.4 is 5.73 Å². The smallest absolute Gasteiger partial charge is 0.230 e. The molecule has 0 aromatic rings. The van der Waals surface area contributed by atoms with Crippen molar-refractivity contribution in [3.63, 3.8) is 0 Å². The van der Waals surface area contributed by atoms with Crippen LogP contribution in [0.25, 0.3) is 0 Å². The van der Waals surface area contributed by atoms with E-state index < -0.39 is 5.54 Å². The van der Waals surface area contributed by atoms with Crippen LogP contribution in [-0.4, -0.2) is 27.2 Å². The third-order valence-corrected chi connectivity index (χ3v) is 3.68. The molecule has 0 radical (unpaired) electrons. The van der Waals surface area contributed by atoms with Crippen molar-refractivity contribution in [2.24, 2.45) is 5.73 Å². The molecule has 5 heteroatoms. The van der Waals surface area contributed by atoms with Gasteiger partial charge in [0.15, 0.2) is 0 Å². The summed E-state index contributed by atoms with van der Waals surface area (Å²) in [5.41, 5.74) is 4.86. The molecule has 0 aromatic heterocycles. The minimum Gasteiger partial charge on any atom is -0.391 e. The van der Waals surface area contributed by atoms with Crippen LogP contribution in [0.3, 0.4) is 0 Å².